The minimum atomic E-state index is -0.719. The van der Waals surface area contributed by atoms with Crippen LogP contribution in [0.15, 0.2) is 47.3 Å². The average Bonchev–Trinajstić information content (AvgIpc) is 2.67. The van der Waals surface area contributed by atoms with Crippen LogP contribution < -0.4 is 16.2 Å². The molecule has 0 fully saturated rings. The lowest BCUT2D eigenvalue weighted by molar-refractivity contribution is 0.0499. The third-order valence-corrected chi connectivity index (χ3v) is 4.33. The van der Waals surface area contributed by atoms with Crippen LogP contribution in [0.3, 0.4) is 0 Å². The quantitative estimate of drug-likeness (QED) is 0.543. The Hall–Kier alpha value is -3.49. The topological polar surface area (TPSA) is 96.1 Å². The van der Waals surface area contributed by atoms with Crippen LogP contribution in [0.5, 0.6) is 0 Å². The number of halogens is 2. The van der Waals surface area contributed by atoms with E-state index in [9.17, 15) is 18.4 Å². The van der Waals surface area contributed by atoms with Crippen molar-refractivity contribution in [3.05, 3.63) is 70.3 Å². The summed E-state index contributed by atoms with van der Waals surface area (Å²) in [7, 11) is 0. The number of fused-ring (bicyclic) bond motifs is 1. The molecule has 0 aliphatic rings. The molecule has 31 heavy (non-hydrogen) atoms. The first kappa shape index (κ1) is 22.2. The molecule has 3 N–H and O–H groups in total. The molecule has 0 bridgehead atoms. The van der Waals surface area contributed by atoms with E-state index in [0.29, 0.717) is 18.7 Å². The molecule has 7 nitrogen and oxygen atoms in total. The van der Waals surface area contributed by atoms with Crippen LogP contribution in [-0.2, 0) is 4.74 Å². The molecule has 2 aromatic carbocycles. The van der Waals surface area contributed by atoms with Gasteiger partial charge in [-0.05, 0) is 63.6 Å². The number of rotatable bonds is 6. The van der Waals surface area contributed by atoms with Crippen LogP contribution in [0.2, 0.25) is 0 Å². The van der Waals surface area contributed by atoms with Gasteiger partial charge in [0, 0.05) is 12.2 Å². The van der Waals surface area contributed by atoms with E-state index in [1.807, 2.05) is 0 Å². The number of nitrogens with zero attached hydrogens (tertiary/aromatic N) is 1. The number of amides is 1. The van der Waals surface area contributed by atoms with Crippen LogP contribution in [0.1, 0.15) is 39.1 Å². The molecule has 164 valence electrons. The highest BCUT2D eigenvalue weighted by Crippen LogP contribution is 2.18. The molecule has 1 atom stereocenters. The minimum absolute atomic E-state index is 0.147. The van der Waals surface area contributed by atoms with Crippen molar-refractivity contribution in [2.45, 2.75) is 38.8 Å². The number of alkyl carbamates (subject to hydrolysis) is 1. The molecule has 0 aliphatic carbocycles. The predicted molar refractivity (Wildman–Crippen MR) is 114 cm³/mol. The molecule has 9 heteroatoms. The fourth-order valence-electron chi connectivity index (χ4n) is 2.99. The lowest BCUT2D eigenvalue weighted by atomic mass is 10.1. The number of aromatic nitrogens is 2. The molecule has 1 unspecified atom stereocenters. The summed E-state index contributed by atoms with van der Waals surface area (Å²) in [5.41, 5.74) is -0.477. The third-order valence-electron chi connectivity index (χ3n) is 4.33. The first-order valence-corrected chi connectivity index (χ1v) is 9.80. The van der Waals surface area contributed by atoms with Crippen LogP contribution in [0, 0.1) is 11.6 Å². The monoisotopic (exact) mass is 430 g/mol. The van der Waals surface area contributed by atoms with Gasteiger partial charge in [0.2, 0.25) is 0 Å². The van der Waals surface area contributed by atoms with Gasteiger partial charge in [-0.25, -0.2) is 18.6 Å². The van der Waals surface area contributed by atoms with E-state index in [1.54, 1.807) is 32.9 Å². The Kier molecular flexibility index (Phi) is 6.53. The van der Waals surface area contributed by atoms with Crippen molar-refractivity contribution in [2.24, 2.45) is 0 Å². The third kappa shape index (κ3) is 6.00. The van der Waals surface area contributed by atoms with Gasteiger partial charge < -0.3 is 20.4 Å². The summed E-state index contributed by atoms with van der Waals surface area (Å²) in [6, 6.07) is 9.28. The minimum Gasteiger partial charge on any atom is -0.444 e. The molecule has 0 spiro atoms. The summed E-state index contributed by atoms with van der Waals surface area (Å²) < 4.78 is 32.4. The van der Waals surface area contributed by atoms with Crippen LogP contribution in [0.4, 0.5) is 19.3 Å². The SMILES string of the molecule is CC(C)(C)OC(=O)NC(CCNc1ccc(F)cc1)c1nc2cccc(F)c2c(=O)[nH]1. The molecule has 1 amide bonds. The fourth-order valence-corrected chi connectivity index (χ4v) is 2.99. The Labute approximate surface area is 177 Å². The highest BCUT2D eigenvalue weighted by Gasteiger charge is 2.23. The van der Waals surface area contributed by atoms with Crippen molar-refractivity contribution < 1.29 is 18.3 Å². The molecular weight excluding hydrogens is 406 g/mol. The second kappa shape index (κ2) is 9.11. The first-order chi connectivity index (χ1) is 14.6. The van der Waals surface area contributed by atoms with Gasteiger partial charge in [-0.3, -0.25) is 4.79 Å². The summed E-state index contributed by atoms with van der Waals surface area (Å²) in [6.45, 7) is 5.57. The molecule has 0 saturated heterocycles. The van der Waals surface area contributed by atoms with Gasteiger partial charge in [-0.1, -0.05) is 6.07 Å². The van der Waals surface area contributed by atoms with E-state index in [2.05, 4.69) is 20.6 Å². The zero-order valence-corrected chi connectivity index (χ0v) is 17.5. The number of hydrogen-bond donors (Lipinski definition) is 3. The van der Waals surface area contributed by atoms with Crippen molar-refractivity contribution in [1.29, 1.82) is 0 Å². The summed E-state index contributed by atoms with van der Waals surface area (Å²) in [6.07, 6.45) is -0.360. The van der Waals surface area contributed by atoms with Crippen molar-refractivity contribution >= 4 is 22.7 Å². The van der Waals surface area contributed by atoms with Crippen LogP contribution >= 0.6 is 0 Å². The largest absolute Gasteiger partial charge is 0.444 e. The maximum absolute atomic E-state index is 14.0. The maximum atomic E-state index is 14.0. The Bertz CT molecular complexity index is 1120. The Morgan fingerprint density at radius 2 is 1.87 bits per heavy atom. The molecule has 3 rings (SSSR count). The average molecular weight is 430 g/mol. The zero-order valence-electron chi connectivity index (χ0n) is 17.5. The standard InChI is InChI=1S/C22H24F2N4O3/c1-22(2,3)31-21(30)27-17(11-12-25-14-9-7-13(23)8-10-14)19-26-16-6-4-5-15(24)18(16)20(29)28-19/h4-10,17,25H,11-12H2,1-3H3,(H,27,30)(H,26,28,29). The Balaban J connectivity index is 1.84. The van der Waals surface area contributed by atoms with Crippen LogP contribution in [0.25, 0.3) is 10.9 Å². The lowest BCUT2D eigenvalue weighted by Gasteiger charge is -2.23. The van der Waals surface area contributed by atoms with Crippen LogP contribution in [-0.4, -0.2) is 28.2 Å². The van der Waals surface area contributed by atoms with Gasteiger partial charge >= 0.3 is 6.09 Å². The van der Waals surface area contributed by atoms with Gasteiger partial charge in [0.05, 0.1) is 11.6 Å². The lowest BCUT2D eigenvalue weighted by Crippen LogP contribution is -2.37. The van der Waals surface area contributed by atoms with E-state index in [-0.39, 0.29) is 22.5 Å². The number of benzene rings is 2. The molecule has 1 heterocycles. The smallest absolute Gasteiger partial charge is 0.408 e. The van der Waals surface area contributed by atoms with Crippen molar-refractivity contribution in [3.63, 3.8) is 0 Å². The predicted octanol–water partition coefficient (Wildman–Crippen LogP) is 4.27. The van der Waals surface area contributed by atoms with Crippen molar-refractivity contribution in [1.82, 2.24) is 15.3 Å². The zero-order chi connectivity index (χ0) is 22.6. The normalized spacial score (nSPS) is 12.4. The van der Waals surface area contributed by atoms with Gasteiger partial charge in [0.25, 0.3) is 5.56 Å². The summed E-state index contributed by atoms with van der Waals surface area (Å²) in [5.74, 6) is -0.845. The van der Waals surface area contributed by atoms with E-state index >= 15 is 0 Å². The van der Waals surface area contributed by atoms with Gasteiger partial charge in [-0.2, -0.15) is 0 Å². The number of H-pyrrole nitrogens is 1. The number of aromatic amines is 1. The summed E-state index contributed by atoms with van der Waals surface area (Å²) >= 11 is 0. The molecule has 1 aromatic heterocycles. The number of hydrogen-bond acceptors (Lipinski definition) is 5. The fraction of sp³-hybridized carbons (Fsp3) is 0.318. The molecule has 0 saturated carbocycles. The Morgan fingerprint density at radius 1 is 1.16 bits per heavy atom. The van der Waals surface area contributed by atoms with E-state index < -0.39 is 29.1 Å². The van der Waals surface area contributed by atoms with Crippen molar-refractivity contribution in [3.8, 4) is 0 Å². The number of nitrogens with one attached hydrogen (secondary N) is 3. The van der Waals surface area contributed by atoms with Gasteiger partial charge in [0.15, 0.2) is 0 Å². The maximum Gasteiger partial charge on any atom is 0.408 e. The number of ether oxygens (including phenoxy) is 1. The highest BCUT2D eigenvalue weighted by molar-refractivity contribution is 5.78. The van der Waals surface area contributed by atoms with Gasteiger partial charge in [0.1, 0.15) is 28.4 Å². The van der Waals surface area contributed by atoms with Crippen molar-refractivity contribution in [2.75, 3.05) is 11.9 Å². The summed E-state index contributed by atoms with van der Waals surface area (Å²) in [5, 5.41) is 5.67. The molecular formula is C22H24F2N4O3. The second-order valence-corrected chi connectivity index (χ2v) is 8.01. The molecule has 0 radical (unpaired) electrons. The molecule has 0 aliphatic heterocycles. The summed E-state index contributed by atoms with van der Waals surface area (Å²) in [4.78, 5) is 31.7. The molecule has 3 aromatic rings. The number of carbonyl (C=O) groups excluding carboxylic acids is 1. The Morgan fingerprint density at radius 3 is 2.55 bits per heavy atom. The number of anilines is 1. The van der Waals surface area contributed by atoms with E-state index in [0.717, 1.165) is 0 Å². The van der Waals surface area contributed by atoms with Gasteiger partial charge in [-0.15, -0.1) is 0 Å². The number of carbonyl (C=O) groups is 1. The first-order valence-electron chi connectivity index (χ1n) is 9.80. The van der Waals surface area contributed by atoms with E-state index in [1.165, 1.54) is 30.3 Å². The second-order valence-electron chi connectivity index (χ2n) is 8.01. The highest BCUT2D eigenvalue weighted by atomic mass is 19.1. The van der Waals surface area contributed by atoms with E-state index in [4.69, 9.17) is 4.74 Å².